The summed E-state index contributed by atoms with van der Waals surface area (Å²) < 4.78 is 5.48. The molecular formula is C9H17ClN2O2. The highest BCUT2D eigenvalue weighted by atomic mass is 35.5. The first-order valence-electron chi connectivity index (χ1n) is 4.81. The minimum absolute atomic E-state index is 0.0908. The molecule has 0 aromatic carbocycles. The van der Waals surface area contributed by atoms with Gasteiger partial charge in [-0.05, 0) is 14.0 Å². The van der Waals surface area contributed by atoms with Gasteiger partial charge in [-0.1, -0.05) is 0 Å². The molecule has 1 aliphatic heterocycles. The lowest BCUT2D eigenvalue weighted by Gasteiger charge is -2.30. The third-order valence-electron chi connectivity index (χ3n) is 2.21. The minimum Gasteiger partial charge on any atom is -0.374 e. The van der Waals surface area contributed by atoms with Crippen LogP contribution in [0.3, 0.4) is 0 Å². The number of hydrogen-bond acceptors (Lipinski definition) is 3. The van der Waals surface area contributed by atoms with Gasteiger partial charge in [-0.3, -0.25) is 4.79 Å². The zero-order chi connectivity index (χ0) is 10.6. The molecule has 1 heterocycles. The van der Waals surface area contributed by atoms with Gasteiger partial charge in [0.15, 0.2) is 0 Å². The molecule has 0 aliphatic carbocycles. The van der Waals surface area contributed by atoms with Crippen LogP contribution in [0.25, 0.3) is 0 Å². The zero-order valence-corrected chi connectivity index (χ0v) is 9.38. The molecule has 2 unspecified atom stereocenters. The summed E-state index contributed by atoms with van der Waals surface area (Å²) in [6, 6.07) is 0. The van der Waals surface area contributed by atoms with Crippen molar-refractivity contribution in [2.45, 2.75) is 18.4 Å². The average Bonchev–Trinajstić information content (AvgIpc) is 2.14. The van der Waals surface area contributed by atoms with Crippen LogP contribution in [-0.2, 0) is 9.53 Å². The Kier molecular flexibility index (Phi) is 4.65. The van der Waals surface area contributed by atoms with Crippen molar-refractivity contribution in [2.75, 3.05) is 33.3 Å². The van der Waals surface area contributed by atoms with E-state index in [-0.39, 0.29) is 12.0 Å². The quantitative estimate of drug-likeness (QED) is 0.684. The highest BCUT2D eigenvalue weighted by Gasteiger charge is 2.18. The molecular weight excluding hydrogens is 204 g/mol. The summed E-state index contributed by atoms with van der Waals surface area (Å²) in [6.45, 7) is 4.74. The Balaban J connectivity index is 2.20. The Morgan fingerprint density at radius 2 is 2.50 bits per heavy atom. The number of halogens is 1. The number of rotatable bonds is 3. The molecule has 2 atom stereocenters. The zero-order valence-electron chi connectivity index (χ0n) is 8.62. The molecule has 1 rings (SSSR count). The van der Waals surface area contributed by atoms with Gasteiger partial charge < -0.3 is 15.0 Å². The second-order valence-electron chi connectivity index (χ2n) is 3.62. The number of alkyl halides is 1. The maximum Gasteiger partial charge on any atom is 0.237 e. The predicted octanol–water partition coefficient (Wildman–Crippen LogP) is 0.0605. The first-order valence-corrected chi connectivity index (χ1v) is 5.25. The van der Waals surface area contributed by atoms with Crippen LogP contribution in [0, 0.1) is 0 Å². The fourth-order valence-electron chi connectivity index (χ4n) is 1.35. The molecule has 1 amide bonds. The van der Waals surface area contributed by atoms with E-state index in [0.29, 0.717) is 6.54 Å². The third kappa shape index (κ3) is 3.82. The molecule has 0 aromatic rings. The van der Waals surface area contributed by atoms with Crippen LogP contribution >= 0.6 is 11.6 Å². The summed E-state index contributed by atoms with van der Waals surface area (Å²) in [5.41, 5.74) is 0. The Morgan fingerprint density at radius 3 is 3.07 bits per heavy atom. The second-order valence-corrected chi connectivity index (χ2v) is 4.27. The van der Waals surface area contributed by atoms with Gasteiger partial charge in [-0.25, -0.2) is 0 Å². The van der Waals surface area contributed by atoms with Gasteiger partial charge in [-0.15, -0.1) is 11.6 Å². The third-order valence-corrected chi connectivity index (χ3v) is 2.41. The monoisotopic (exact) mass is 220 g/mol. The summed E-state index contributed by atoms with van der Waals surface area (Å²) in [5.74, 6) is -0.136. The number of carbonyl (C=O) groups excluding carboxylic acids is 1. The van der Waals surface area contributed by atoms with Gasteiger partial charge in [-0.2, -0.15) is 0 Å². The fraction of sp³-hybridized carbons (Fsp3) is 0.889. The SMILES string of the molecule is CC(Cl)C(=O)NCC1CN(C)CCO1. The first kappa shape index (κ1) is 11.8. The molecule has 1 N–H and O–H groups in total. The molecule has 5 heteroatoms. The Labute approximate surface area is 89.5 Å². The molecule has 1 saturated heterocycles. The van der Waals surface area contributed by atoms with E-state index in [1.165, 1.54) is 0 Å². The number of nitrogens with one attached hydrogen (secondary N) is 1. The molecule has 14 heavy (non-hydrogen) atoms. The number of hydrogen-bond donors (Lipinski definition) is 1. The standard InChI is InChI=1S/C9H17ClN2O2/c1-7(10)9(13)11-5-8-6-12(2)3-4-14-8/h7-8H,3-6H2,1-2H3,(H,11,13). The van der Waals surface area contributed by atoms with Gasteiger partial charge in [0.25, 0.3) is 0 Å². The smallest absolute Gasteiger partial charge is 0.237 e. The maximum atomic E-state index is 11.2. The lowest BCUT2D eigenvalue weighted by molar-refractivity contribution is -0.121. The van der Waals surface area contributed by atoms with Crippen molar-refractivity contribution in [2.24, 2.45) is 0 Å². The topological polar surface area (TPSA) is 41.6 Å². The second kappa shape index (κ2) is 5.53. The van der Waals surface area contributed by atoms with E-state index in [1.54, 1.807) is 6.92 Å². The number of morpholine rings is 1. The molecule has 0 aromatic heterocycles. The number of carbonyl (C=O) groups is 1. The predicted molar refractivity (Wildman–Crippen MR) is 55.6 cm³/mol. The van der Waals surface area contributed by atoms with E-state index in [1.807, 2.05) is 7.05 Å². The Morgan fingerprint density at radius 1 is 1.79 bits per heavy atom. The molecule has 1 aliphatic rings. The summed E-state index contributed by atoms with van der Waals surface area (Å²) in [4.78, 5) is 13.3. The largest absolute Gasteiger partial charge is 0.374 e. The van der Waals surface area contributed by atoms with Crippen molar-refractivity contribution < 1.29 is 9.53 Å². The van der Waals surface area contributed by atoms with E-state index in [4.69, 9.17) is 16.3 Å². The number of ether oxygens (including phenoxy) is 1. The van der Waals surface area contributed by atoms with Crippen LogP contribution in [0.1, 0.15) is 6.92 Å². The Bertz CT molecular complexity index is 199. The van der Waals surface area contributed by atoms with E-state index in [9.17, 15) is 4.79 Å². The van der Waals surface area contributed by atoms with Crippen molar-refractivity contribution >= 4 is 17.5 Å². The lowest BCUT2D eigenvalue weighted by atomic mass is 10.3. The summed E-state index contributed by atoms with van der Waals surface area (Å²) in [7, 11) is 2.04. The molecule has 0 spiro atoms. The van der Waals surface area contributed by atoms with Gasteiger partial charge in [0.1, 0.15) is 5.38 Å². The van der Waals surface area contributed by atoms with E-state index >= 15 is 0 Å². The molecule has 82 valence electrons. The van der Waals surface area contributed by atoms with Crippen LogP contribution in [0.15, 0.2) is 0 Å². The molecule has 0 saturated carbocycles. The maximum absolute atomic E-state index is 11.2. The van der Waals surface area contributed by atoms with Crippen LogP contribution < -0.4 is 5.32 Å². The first-order chi connectivity index (χ1) is 6.59. The fourth-order valence-corrected chi connectivity index (χ4v) is 1.42. The van der Waals surface area contributed by atoms with Crippen LogP contribution in [0.4, 0.5) is 0 Å². The summed E-state index contributed by atoms with van der Waals surface area (Å²) in [6.07, 6.45) is 0.0908. The number of likely N-dealkylation sites (N-methyl/N-ethyl adjacent to an activating group) is 1. The summed E-state index contributed by atoms with van der Waals surface area (Å²) in [5, 5.41) is 2.27. The average molecular weight is 221 g/mol. The van der Waals surface area contributed by atoms with Crippen molar-refractivity contribution in [1.82, 2.24) is 10.2 Å². The highest BCUT2D eigenvalue weighted by molar-refractivity contribution is 6.30. The van der Waals surface area contributed by atoms with Gasteiger partial charge in [0.05, 0.1) is 12.7 Å². The number of amides is 1. The van der Waals surface area contributed by atoms with Crippen LogP contribution in [-0.4, -0.2) is 55.6 Å². The van der Waals surface area contributed by atoms with Crippen molar-refractivity contribution in [3.05, 3.63) is 0 Å². The van der Waals surface area contributed by atoms with Gasteiger partial charge in [0.2, 0.25) is 5.91 Å². The van der Waals surface area contributed by atoms with E-state index in [2.05, 4.69) is 10.2 Å². The van der Waals surface area contributed by atoms with Crippen molar-refractivity contribution in [3.8, 4) is 0 Å². The van der Waals surface area contributed by atoms with Crippen molar-refractivity contribution in [1.29, 1.82) is 0 Å². The van der Waals surface area contributed by atoms with E-state index in [0.717, 1.165) is 19.7 Å². The highest BCUT2D eigenvalue weighted by Crippen LogP contribution is 2.02. The molecule has 0 bridgehead atoms. The van der Waals surface area contributed by atoms with E-state index < -0.39 is 5.38 Å². The molecule has 1 fully saturated rings. The van der Waals surface area contributed by atoms with Crippen LogP contribution in [0.5, 0.6) is 0 Å². The number of nitrogens with zero attached hydrogens (tertiary/aromatic N) is 1. The minimum atomic E-state index is -0.476. The van der Waals surface area contributed by atoms with Gasteiger partial charge in [0, 0.05) is 19.6 Å². The normalized spacial score (nSPS) is 25.8. The molecule has 4 nitrogen and oxygen atoms in total. The van der Waals surface area contributed by atoms with Crippen molar-refractivity contribution in [3.63, 3.8) is 0 Å². The summed E-state index contributed by atoms with van der Waals surface area (Å²) >= 11 is 5.61. The van der Waals surface area contributed by atoms with Gasteiger partial charge >= 0.3 is 0 Å². The molecule has 0 radical (unpaired) electrons. The Hall–Kier alpha value is -0.320. The lowest BCUT2D eigenvalue weighted by Crippen LogP contribution is -2.46. The van der Waals surface area contributed by atoms with Crippen LogP contribution in [0.2, 0.25) is 0 Å².